The first-order valence-electron chi connectivity index (χ1n) is 9.46. The van der Waals surface area contributed by atoms with Crippen LogP contribution in [0.1, 0.15) is 27.5 Å². The Bertz CT molecular complexity index is 938. The molecule has 0 aliphatic carbocycles. The Morgan fingerprint density at radius 3 is 2.52 bits per heavy atom. The van der Waals surface area contributed by atoms with Crippen LogP contribution in [0.5, 0.6) is 0 Å². The molecule has 2 aromatic rings. The number of sulfonamides is 1. The molecule has 7 nitrogen and oxygen atoms in total. The van der Waals surface area contributed by atoms with E-state index in [-0.39, 0.29) is 10.5 Å². The largest absolute Gasteiger partial charge is 0.465 e. The molecule has 0 spiro atoms. The molecule has 29 heavy (non-hydrogen) atoms. The Labute approximate surface area is 171 Å². The summed E-state index contributed by atoms with van der Waals surface area (Å²) in [7, 11) is -2.59. The molecule has 2 aromatic carbocycles. The van der Waals surface area contributed by atoms with E-state index in [9.17, 15) is 13.2 Å². The maximum absolute atomic E-state index is 13.1. The number of aryl methyl sites for hydroxylation is 1. The van der Waals surface area contributed by atoms with Crippen molar-refractivity contribution in [2.75, 3.05) is 40.0 Å². The Kier molecular flexibility index (Phi) is 7.02. The molecule has 1 aliphatic rings. The first kappa shape index (κ1) is 21.4. The number of nitrogens with one attached hydrogen (secondary N) is 1. The molecular formula is C21H26N2O5S. The van der Waals surface area contributed by atoms with Crippen LogP contribution in [0.25, 0.3) is 0 Å². The fraction of sp³-hybridized carbons (Fsp3) is 0.381. The minimum Gasteiger partial charge on any atom is -0.465 e. The minimum atomic E-state index is -3.85. The number of methoxy groups -OCH3 is 1. The topological polar surface area (TPSA) is 84.9 Å². The predicted molar refractivity (Wildman–Crippen MR) is 109 cm³/mol. The van der Waals surface area contributed by atoms with Crippen LogP contribution in [0.3, 0.4) is 0 Å². The van der Waals surface area contributed by atoms with Crippen LogP contribution in [-0.2, 0) is 19.5 Å². The van der Waals surface area contributed by atoms with Gasteiger partial charge in [0.25, 0.3) is 0 Å². The van der Waals surface area contributed by atoms with Gasteiger partial charge < -0.3 is 9.47 Å². The molecule has 0 saturated carbocycles. The van der Waals surface area contributed by atoms with Gasteiger partial charge in [-0.2, -0.15) is 0 Å². The third-order valence-corrected chi connectivity index (χ3v) is 6.36. The minimum absolute atomic E-state index is 0.0273. The van der Waals surface area contributed by atoms with Gasteiger partial charge in [0, 0.05) is 19.6 Å². The first-order valence-corrected chi connectivity index (χ1v) is 10.9. The maximum atomic E-state index is 13.1. The summed E-state index contributed by atoms with van der Waals surface area (Å²) in [6, 6.07) is 13.2. The maximum Gasteiger partial charge on any atom is 0.337 e. The number of rotatable bonds is 7. The summed E-state index contributed by atoms with van der Waals surface area (Å²) in [5.41, 5.74) is 2.18. The summed E-state index contributed by atoms with van der Waals surface area (Å²) in [5.74, 6) is -0.578. The van der Waals surface area contributed by atoms with E-state index in [2.05, 4.69) is 9.62 Å². The fourth-order valence-corrected chi connectivity index (χ4v) is 4.48. The second-order valence-corrected chi connectivity index (χ2v) is 8.73. The summed E-state index contributed by atoms with van der Waals surface area (Å²) in [6.45, 7) is 5.29. The lowest BCUT2D eigenvalue weighted by Gasteiger charge is -2.31. The van der Waals surface area contributed by atoms with Crippen LogP contribution in [0.4, 0.5) is 0 Å². The zero-order valence-corrected chi connectivity index (χ0v) is 17.4. The summed E-state index contributed by atoms with van der Waals surface area (Å²) in [6.07, 6.45) is 0. The Morgan fingerprint density at radius 1 is 1.17 bits per heavy atom. The van der Waals surface area contributed by atoms with Gasteiger partial charge in [0.15, 0.2) is 0 Å². The van der Waals surface area contributed by atoms with E-state index >= 15 is 0 Å². The molecule has 1 N–H and O–H groups in total. The number of hydrogen-bond donors (Lipinski definition) is 1. The lowest BCUT2D eigenvalue weighted by molar-refractivity contribution is 0.0345. The summed E-state index contributed by atoms with van der Waals surface area (Å²) < 4.78 is 39.1. The molecule has 0 amide bonds. The highest BCUT2D eigenvalue weighted by atomic mass is 32.2. The number of nitrogens with zero attached hydrogens (tertiary/aromatic N) is 1. The van der Waals surface area contributed by atoms with Gasteiger partial charge >= 0.3 is 5.97 Å². The summed E-state index contributed by atoms with van der Waals surface area (Å²) in [4.78, 5) is 14.0. The third kappa shape index (κ3) is 5.63. The number of hydrogen-bond acceptors (Lipinski definition) is 6. The molecule has 0 bridgehead atoms. The normalized spacial score (nSPS) is 16.3. The molecule has 0 radical (unpaired) electrons. The van der Waals surface area contributed by atoms with Crippen molar-refractivity contribution in [3.8, 4) is 0 Å². The van der Waals surface area contributed by atoms with Gasteiger partial charge in [-0.15, -0.1) is 0 Å². The summed E-state index contributed by atoms with van der Waals surface area (Å²) in [5, 5.41) is 0. The van der Waals surface area contributed by atoms with Crippen molar-refractivity contribution >= 4 is 16.0 Å². The van der Waals surface area contributed by atoms with Gasteiger partial charge in [-0.3, -0.25) is 4.90 Å². The SMILES string of the molecule is COC(=O)c1cccc(S(=O)(=O)NC(CN2CCOCC2)c2ccc(C)cc2)c1. The van der Waals surface area contributed by atoms with Crippen molar-refractivity contribution in [3.63, 3.8) is 0 Å². The number of esters is 1. The highest BCUT2D eigenvalue weighted by Crippen LogP contribution is 2.21. The van der Waals surface area contributed by atoms with Gasteiger partial charge in [-0.05, 0) is 30.7 Å². The number of ether oxygens (including phenoxy) is 2. The van der Waals surface area contributed by atoms with Crippen molar-refractivity contribution in [2.45, 2.75) is 17.9 Å². The lowest BCUT2D eigenvalue weighted by atomic mass is 10.1. The molecule has 0 aromatic heterocycles. The van der Waals surface area contributed by atoms with E-state index in [0.29, 0.717) is 19.8 Å². The van der Waals surface area contributed by atoms with Crippen LogP contribution < -0.4 is 4.72 Å². The molecular weight excluding hydrogens is 392 g/mol. The Morgan fingerprint density at radius 2 is 1.86 bits per heavy atom. The second kappa shape index (κ2) is 9.49. The van der Waals surface area contributed by atoms with E-state index in [1.54, 1.807) is 0 Å². The Balaban J connectivity index is 1.87. The second-order valence-electron chi connectivity index (χ2n) is 7.02. The van der Waals surface area contributed by atoms with E-state index < -0.39 is 22.0 Å². The van der Waals surface area contributed by atoms with Crippen molar-refractivity contribution in [1.82, 2.24) is 9.62 Å². The standard InChI is InChI=1S/C21H26N2O5S/c1-16-6-8-17(9-7-16)20(15-23-10-12-28-13-11-23)22-29(25,26)19-5-3-4-18(14-19)21(24)27-2/h3-9,14,20,22H,10-13,15H2,1-2H3. The van der Waals surface area contributed by atoms with Gasteiger partial charge in [-0.25, -0.2) is 17.9 Å². The van der Waals surface area contributed by atoms with Crippen LogP contribution in [0.15, 0.2) is 53.4 Å². The van der Waals surface area contributed by atoms with Gasteiger partial charge in [0.05, 0.1) is 36.8 Å². The van der Waals surface area contributed by atoms with E-state index in [1.165, 1.54) is 31.4 Å². The molecule has 1 fully saturated rings. The molecule has 1 unspecified atom stereocenters. The fourth-order valence-electron chi connectivity index (χ4n) is 3.21. The molecule has 1 aliphatic heterocycles. The predicted octanol–water partition coefficient (Wildman–Crippen LogP) is 2.13. The molecule has 3 rings (SSSR count). The lowest BCUT2D eigenvalue weighted by Crippen LogP contribution is -2.43. The zero-order chi connectivity index (χ0) is 20.9. The molecule has 8 heteroatoms. The van der Waals surface area contributed by atoms with Crippen LogP contribution in [0, 0.1) is 6.92 Å². The number of benzene rings is 2. The van der Waals surface area contributed by atoms with Crippen LogP contribution in [-0.4, -0.2) is 59.2 Å². The molecule has 1 heterocycles. The van der Waals surface area contributed by atoms with E-state index in [0.717, 1.165) is 24.2 Å². The van der Waals surface area contributed by atoms with Crippen molar-refractivity contribution in [3.05, 3.63) is 65.2 Å². The Hall–Kier alpha value is -2.26. The highest BCUT2D eigenvalue weighted by molar-refractivity contribution is 7.89. The molecule has 1 atom stereocenters. The highest BCUT2D eigenvalue weighted by Gasteiger charge is 2.25. The van der Waals surface area contributed by atoms with Gasteiger partial charge in [-0.1, -0.05) is 35.9 Å². The number of carbonyl (C=O) groups is 1. The zero-order valence-electron chi connectivity index (χ0n) is 16.6. The van der Waals surface area contributed by atoms with Crippen molar-refractivity contribution in [2.24, 2.45) is 0 Å². The first-order chi connectivity index (χ1) is 13.9. The monoisotopic (exact) mass is 418 g/mol. The van der Waals surface area contributed by atoms with Gasteiger partial charge in [0.1, 0.15) is 0 Å². The molecule has 1 saturated heterocycles. The van der Waals surface area contributed by atoms with Crippen LogP contribution in [0.2, 0.25) is 0 Å². The van der Waals surface area contributed by atoms with Gasteiger partial charge in [0.2, 0.25) is 10.0 Å². The average Bonchev–Trinajstić information content (AvgIpc) is 2.74. The van der Waals surface area contributed by atoms with E-state index in [1.807, 2.05) is 31.2 Å². The average molecular weight is 419 g/mol. The molecule has 156 valence electrons. The number of morpholine rings is 1. The van der Waals surface area contributed by atoms with Crippen LogP contribution >= 0.6 is 0 Å². The van der Waals surface area contributed by atoms with Crippen molar-refractivity contribution in [1.29, 1.82) is 0 Å². The van der Waals surface area contributed by atoms with Crippen molar-refractivity contribution < 1.29 is 22.7 Å². The van der Waals surface area contributed by atoms with E-state index in [4.69, 9.17) is 9.47 Å². The summed E-state index contributed by atoms with van der Waals surface area (Å²) >= 11 is 0. The smallest absolute Gasteiger partial charge is 0.337 e. The number of carbonyl (C=O) groups excluding carboxylic acids is 1. The third-order valence-electron chi connectivity index (χ3n) is 4.89. The quantitative estimate of drug-likeness (QED) is 0.694.